The van der Waals surface area contributed by atoms with E-state index in [-0.39, 0.29) is 18.1 Å². The molecule has 9 nitrogen and oxygen atoms in total. The van der Waals surface area contributed by atoms with Gasteiger partial charge in [-0.05, 0) is 124 Å². The number of likely N-dealkylation sites (N-methyl/N-ethyl adjacent to an activating group) is 3. The Morgan fingerprint density at radius 1 is 0.473 bits per heavy atom. The Bertz CT molecular complexity index is 1820. The van der Waals surface area contributed by atoms with E-state index in [1.54, 1.807) is 28.4 Å². The van der Waals surface area contributed by atoms with Crippen LogP contribution in [0.5, 0.6) is 46.0 Å². The van der Waals surface area contributed by atoms with E-state index in [1.807, 2.05) is 0 Å². The Kier molecular flexibility index (Phi) is 12.8. The summed E-state index contributed by atoms with van der Waals surface area (Å²) < 4.78 is 39.4. The number of fused-ring (bicyclic) bond motifs is 3. The van der Waals surface area contributed by atoms with Crippen molar-refractivity contribution in [2.45, 2.75) is 98.2 Å². The SMILES string of the molecule is COc1cc2c(cc1Oc1c(Oc3c(OC)c(OC)cc4c3C(CC(C)C)N(C)CC4)c(OC)cc3c1C(CC(C)C)N(C)CC3)C(CC(C)C)N(C)CC2. The first kappa shape index (κ1) is 41.0. The molecule has 0 saturated carbocycles. The lowest BCUT2D eigenvalue weighted by atomic mass is 9.86. The Balaban J connectivity index is 1.63. The molecule has 0 aliphatic carbocycles. The minimum absolute atomic E-state index is 0.108. The van der Waals surface area contributed by atoms with Crippen molar-refractivity contribution in [1.82, 2.24) is 14.7 Å². The number of hydrogen-bond donors (Lipinski definition) is 0. The molecular weight excluding hydrogens is 691 g/mol. The zero-order chi connectivity index (χ0) is 39.7. The molecule has 9 heteroatoms. The number of rotatable bonds is 14. The summed E-state index contributed by atoms with van der Waals surface area (Å²) in [6, 6.07) is 9.26. The first-order valence-corrected chi connectivity index (χ1v) is 20.5. The van der Waals surface area contributed by atoms with Crippen LogP contribution in [0.3, 0.4) is 0 Å². The van der Waals surface area contributed by atoms with Crippen LogP contribution < -0.4 is 28.4 Å². The van der Waals surface area contributed by atoms with Gasteiger partial charge in [0, 0.05) is 48.9 Å². The summed E-state index contributed by atoms with van der Waals surface area (Å²) in [7, 11) is 13.5. The third-order valence-corrected chi connectivity index (χ3v) is 12.0. The molecule has 3 aliphatic rings. The summed E-state index contributed by atoms with van der Waals surface area (Å²) in [6.45, 7) is 16.7. The minimum atomic E-state index is 0.108. The summed E-state index contributed by atoms with van der Waals surface area (Å²) in [5, 5.41) is 0. The summed E-state index contributed by atoms with van der Waals surface area (Å²) in [6.07, 6.45) is 5.71. The number of nitrogens with zero attached hydrogens (tertiary/aromatic N) is 3. The van der Waals surface area contributed by atoms with Gasteiger partial charge >= 0.3 is 0 Å². The highest BCUT2D eigenvalue weighted by Gasteiger charge is 2.38. The summed E-state index contributed by atoms with van der Waals surface area (Å²) >= 11 is 0. The van der Waals surface area contributed by atoms with Gasteiger partial charge in [0.1, 0.15) is 0 Å². The van der Waals surface area contributed by atoms with Gasteiger partial charge in [0.15, 0.2) is 34.5 Å². The zero-order valence-corrected chi connectivity index (χ0v) is 35.9. The fourth-order valence-corrected chi connectivity index (χ4v) is 9.18. The summed E-state index contributed by atoms with van der Waals surface area (Å²) in [5.74, 6) is 6.56. The zero-order valence-electron chi connectivity index (χ0n) is 35.9. The Morgan fingerprint density at radius 2 is 0.891 bits per heavy atom. The number of benzene rings is 3. The van der Waals surface area contributed by atoms with Crippen LogP contribution in [0.1, 0.15) is 112 Å². The monoisotopic (exact) mass is 758 g/mol. The highest BCUT2D eigenvalue weighted by molar-refractivity contribution is 5.68. The molecule has 0 aromatic heterocycles. The van der Waals surface area contributed by atoms with Gasteiger partial charge in [0.25, 0.3) is 0 Å². The minimum Gasteiger partial charge on any atom is -0.493 e. The van der Waals surface area contributed by atoms with Gasteiger partial charge < -0.3 is 28.4 Å². The van der Waals surface area contributed by atoms with E-state index >= 15 is 0 Å². The van der Waals surface area contributed by atoms with Crippen molar-refractivity contribution in [3.63, 3.8) is 0 Å². The molecule has 0 N–H and O–H groups in total. The van der Waals surface area contributed by atoms with Gasteiger partial charge in [-0.25, -0.2) is 0 Å². The van der Waals surface area contributed by atoms with E-state index in [9.17, 15) is 0 Å². The molecule has 0 radical (unpaired) electrons. The molecule has 3 aromatic carbocycles. The van der Waals surface area contributed by atoms with E-state index < -0.39 is 0 Å². The molecule has 3 aromatic rings. The molecule has 302 valence electrons. The van der Waals surface area contributed by atoms with Crippen molar-refractivity contribution in [1.29, 1.82) is 0 Å². The highest BCUT2D eigenvalue weighted by atomic mass is 16.6. The third-order valence-electron chi connectivity index (χ3n) is 12.0. The topological polar surface area (TPSA) is 65.1 Å². The first-order chi connectivity index (χ1) is 26.3. The van der Waals surface area contributed by atoms with Crippen LogP contribution in [0.25, 0.3) is 0 Å². The number of hydrogen-bond acceptors (Lipinski definition) is 9. The lowest BCUT2D eigenvalue weighted by Gasteiger charge is -2.39. The fourth-order valence-electron chi connectivity index (χ4n) is 9.18. The van der Waals surface area contributed by atoms with E-state index in [4.69, 9.17) is 28.4 Å². The molecular formula is C46H67N3O6. The van der Waals surface area contributed by atoms with Gasteiger partial charge in [-0.15, -0.1) is 0 Å². The van der Waals surface area contributed by atoms with Crippen molar-refractivity contribution in [3.8, 4) is 46.0 Å². The smallest absolute Gasteiger partial charge is 0.212 e. The van der Waals surface area contributed by atoms with Crippen molar-refractivity contribution in [2.24, 2.45) is 17.8 Å². The lowest BCUT2D eigenvalue weighted by Crippen LogP contribution is -2.34. The molecule has 0 spiro atoms. The summed E-state index contributed by atoms with van der Waals surface area (Å²) in [4.78, 5) is 7.39. The maximum absolute atomic E-state index is 7.41. The van der Waals surface area contributed by atoms with Gasteiger partial charge in [0.2, 0.25) is 11.5 Å². The van der Waals surface area contributed by atoms with E-state index in [1.165, 1.54) is 22.3 Å². The predicted molar refractivity (Wildman–Crippen MR) is 221 cm³/mol. The third kappa shape index (κ3) is 8.26. The van der Waals surface area contributed by atoms with Crippen molar-refractivity contribution < 1.29 is 28.4 Å². The van der Waals surface area contributed by atoms with Crippen LogP contribution in [-0.4, -0.2) is 83.9 Å². The van der Waals surface area contributed by atoms with Crippen LogP contribution in [0.2, 0.25) is 0 Å². The molecule has 0 saturated heterocycles. The molecule has 3 atom stereocenters. The quantitative estimate of drug-likeness (QED) is 0.160. The lowest BCUT2D eigenvalue weighted by molar-refractivity contribution is 0.192. The number of methoxy groups -OCH3 is 4. The first-order valence-electron chi connectivity index (χ1n) is 20.5. The van der Waals surface area contributed by atoms with E-state index in [0.29, 0.717) is 63.7 Å². The Labute approximate surface area is 331 Å². The van der Waals surface area contributed by atoms with Gasteiger partial charge in [0.05, 0.1) is 28.4 Å². The average molecular weight is 758 g/mol. The summed E-state index contributed by atoms with van der Waals surface area (Å²) in [5.41, 5.74) is 7.33. The largest absolute Gasteiger partial charge is 0.493 e. The van der Waals surface area contributed by atoms with E-state index in [2.05, 4.69) is 102 Å². The highest BCUT2D eigenvalue weighted by Crippen LogP contribution is 2.57. The van der Waals surface area contributed by atoms with Crippen LogP contribution in [-0.2, 0) is 19.3 Å². The average Bonchev–Trinajstić information content (AvgIpc) is 3.14. The van der Waals surface area contributed by atoms with Crippen LogP contribution in [0.4, 0.5) is 0 Å². The Morgan fingerprint density at radius 3 is 1.36 bits per heavy atom. The van der Waals surface area contributed by atoms with E-state index in [0.717, 1.165) is 69.3 Å². The maximum atomic E-state index is 7.41. The van der Waals surface area contributed by atoms with Crippen LogP contribution in [0, 0.1) is 17.8 Å². The van der Waals surface area contributed by atoms with Gasteiger partial charge in [-0.2, -0.15) is 0 Å². The molecule has 3 unspecified atom stereocenters. The molecule has 55 heavy (non-hydrogen) atoms. The van der Waals surface area contributed by atoms with Gasteiger partial charge in [-0.3, -0.25) is 14.7 Å². The van der Waals surface area contributed by atoms with Crippen LogP contribution >= 0.6 is 0 Å². The van der Waals surface area contributed by atoms with Gasteiger partial charge in [-0.1, -0.05) is 41.5 Å². The normalized spacial score (nSPS) is 20.3. The second kappa shape index (κ2) is 17.2. The van der Waals surface area contributed by atoms with Crippen LogP contribution in [0.15, 0.2) is 24.3 Å². The van der Waals surface area contributed by atoms with Crippen molar-refractivity contribution >= 4 is 0 Å². The molecule has 0 bridgehead atoms. The second-order valence-electron chi connectivity index (χ2n) is 17.4. The van der Waals surface area contributed by atoms with Crippen molar-refractivity contribution in [2.75, 3.05) is 69.2 Å². The molecule has 0 amide bonds. The molecule has 3 heterocycles. The second-order valence-corrected chi connectivity index (χ2v) is 17.4. The molecule has 3 aliphatic heterocycles. The molecule has 6 rings (SSSR count). The fraction of sp³-hybridized carbons (Fsp3) is 0.609. The standard InChI is InChI=1S/C46H67N3O6/c1-27(2)20-34-33-26-38(37(50-10)23-30(33)14-17-47(34)7)54-46-42-32(16-19-49(9)36(42)22-29(5)6)25-40(52-12)44(46)55-45-41-31(24-39(51-11)43(45)53-13)15-18-48(8)35(41)21-28(3)4/h23-29,34-36H,14-22H2,1-13H3. The van der Waals surface area contributed by atoms with Crippen molar-refractivity contribution in [3.05, 3.63) is 57.6 Å². The predicted octanol–water partition coefficient (Wildman–Crippen LogP) is 10.0. The molecule has 0 fully saturated rings. The maximum Gasteiger partial charge on any atom is 0.212 e. The Hall–Kier alpha value is -3.66. The number of ether oxygens (including phenoxy) is 6.